The highest BCUT2D eigenvalue weighted by molar-refractivity contribution is 5.18. The second kappa shape index (κ2) is 1.58. The van der Waals surface area contributed by atoms with E-state index in [1.807, 2.05) is 6.08 Å². The van der Waals surface area contributed by atoms with E-state index in [0.717, 1.165) is 12.8 Å². The Morgan fingerprint density at radius 2 is 2.56 bits per heavy atom. The van der Waals surface area contributed by atoms with E-state index in [2.05, 4.69) is 11.0 Å². The fourth-order valence-corrected chi connectivity index (χ4v) is 1.75. The van der Waals surface area contributed by atoms with Crippen molar-refractivity contribution < 1.29 is 10.1 Å². The zero-order chi connectivity index (χ0) is 6.32. The second-order valence-corrected chi connectivity index (χ2v) is 2.92. The Balaban J connectivity index is 2.18. The predicted molar refractivity (Wildman–Crippen MR) is 32.9 cm³/mol. The minimum atomic E-state index is -0.250. The zero-order valence-electron chi connectivity index (χ0n) is 5.21. The lowest BCUT2D eigenvalue weighted by molar-refractivity contribution is -0.340. The van der Waals surface area contributed by atoms with E-state index >= 15 is 0 Å². The molecular formula is C7H10O2. The van der Waals surface area contributed by atoms with E-state index < -0.39 is 0 Å². The molecule has 1 N–H and O–H groups in total. The Hall–Kier alpha value is -0.340. The average Bonchev–Trinajstić information content (AvgIpc) is 2.10. The van der Waals surface area contributed by atoms with Crippen LogP contribution in [0.2, 0.25) is 0 Å². The predicted octanol–water partition coefficient (Wildman–Crippen LogP) is 1.58. The van der Waals surface area contributed by atoms with Crippen molar-refractivity contribution in [1.29, 1.82) is 0 Å². The van der Waals surface area contributed by atoms with Crippen LogP contribution in [0.5, 0.6) is 0 Å². The van der Waals surface area contributed by atoms with Gasteiger partial charge in [0.05, 0.1) is 0 Å². The molecular weight excluding hydrogens is 116 g/mol. The third-order valence-electron chi connectivity index (χ3n) is 2.57. The van der Waals surface area contributed by atoms with Crippen LogP contribution in [0.4, 0.5) is 0 Å². The molecule has 2 rings (SSSR count). The Kier molecular flexibility index (Phi) is 0.957. The summed E-state index contributed by atoms with van der Waals surface area (Å²) >= 11 is 0. The third kappa shape index (κ3) is 0.523. The van der Waals surface area contributed by atoms with Crippen LogP contribution in [0.1, 0.15) is 19.3 Å². The summed E-state index contributed by atoms with van der Waals surface area (Å²) in [5.41, 5.74) is -0.250. The number of hydrogen-bond donors (Lipinski definition) is 1. The van der Waals surface area contributed by atoms with Gasteiger partial charge in [0.15, 0.2) is 0 Å². The van der Waals surface area contributed by atoms with Crippen molar-refractivity contribution in [2.75, 3.05) is 0 Å². The molecule has 0 aromatic heterocycles. The average molecular weight is 126 g/mol. The van der Waals surface area contributed by atoms with Gasteiger partial charge in [-0.25, -0.2) is 4.89 Å². The second-order valence-electron chi connectivity index (χ2n) is 2.92. The largest absolute Gasteiger partial charge is 0.251 e. The van der Waals surface area contributed by atoms with Crippen LogP contribution in [0.3, 0.4) is 0 Å². The Morgan fingerprint density at radius 1 is 1.67 bits per heavy atom. The molecule has 2 nitrogen and oxygen atoms in total. The lowest BCUT2D eigenvalue weighted by atomic mass is 9.72. The maximum absolute atomic E-state index is 8.50. The van der Waals surface area contributed by atoms with Gasteiger partial charge in [0.2, 0.25) is 0 Å². The molecule has 2 atom stereocenters. The van der Waals surface area contributed by atoms with Gasteiger partial charge >= 0.3 is 0 Å². The van der Waals surface area contributed by atoms with Gasteiger partial charge in [-0.2, -0.15) is 0 Å². The molecule has 1 fully saturated rings. The lowest BCUT2D eigenvalue weighted by Gasteiger charge is -2.40. The molecule has 50 valence electrons. The maximum atomic E-state index is 8.50. The molecule has 2 unspecified atom stereocenters. The SMILES string of the molecule is OOC12C=CCC1CC2. The molecule has 0 amide bonds. The fraction of sp³-hybridized carbons (Fsp3) is 0.714. The summed E-state index contributed by atoms with van der Waals surface area (Å²) in [5.74, 6) is 0.572. The molecule has 0 saturated heterocycles. The van der Waals surface area contributed by atoms with Crippen LogP contribution in [0.25, 0.3) is 0 Å². The van der Waals surface area contributed by atoms with E-state index in [9.17, 15) is 0 Å². The third-order valence-corrected chi connectivity index (χ3v) is 2.57. The van der Waals surface area contributed by atoms with E-state index in [-0.39, 0.29) is 5.60 Å². The van der Waals surface area contributed by atoms with Crippen LogP contribution < -0.4 is 0 Å². The summed E-state index contributed by atoms with van der Waals surface area (Å²) < 4.78 is 0. The molecule has 0 radical (unpaired) electrons. The molecule has 0 aliphatic heterocycles. The Morgan fingerprint density at radius 3 is 2.89 bits per heavy atom. The molecule has 0 bridgehead atoms. The summed E-state index contributed by atoms with van der Waals surface area (Å²) in [6.07, 6.45) is 7.35. The van der Waals surface area contributed by atoms with Crippen LogP contribution in [0, 0.1) is 5.92 Å². The van der Waals surface area contributed by atoms with Crippen LogP contribution in [0.15, 0.2) is 12.2 Å². The van der Waals surface area contributed by atoms with Crippen molar-refractivity contribution in [3.63, 3.8) is 0 Å². The lowest BCUT2D eigenvalue weighted by Crippen LogP contribution is -2.44. The summed E-state index contributed by atoms with van der Waals surface area (Å²) in [7, 11) is 0. The first-order chi connectivity index (χ1) is 4.37. The first-order valence-corrected chi connectivity index (χ1v) is 3.38. The zero-order valence-corrected chi connectivity index (χ0v) is 5.21. The summed E-state index contributed by atoms with van der Waals surface area (Å²) in [5, 5.41) is 8.50. The van der Waals surface area contributed by atoms with Gasteiger partial charge in [-0.05, 0) is 25.2 Å². The molecule has 0 aromatic carbocycles. The molecule has 0 aromatic rings. The van der Waals surface area contributed by atoms with Gasteiger partial charge in [-0.1, -0.05) is 12.2 Å². The van der Waals surface area contributed by atoms with E-state index in [0.29, 0.717) is 5.92 Å². The van der Waals surface area contributed by atoms with Crippen molar-refractivity contribution in [1.82, 2.24) is 0 Å². The van der Waals surface area contributed by atoms with Gasteiger partial charge < -0.3 is 0 Å². The van der Waals surface area contributed by atoms with Gasteiger partial charge in [-0.15, -0.1) is 0 Å². The standard InChI is InChI=1S/C7H10O2/c8-9-7-4-1-2-6(7)3-5-7/h1,4,6,8H,2-3,5H2. The maximum Gasteiger partial charge on any atom is 0.124 e. The summed E-state index contributed by atoms with van der Waals surface area (Å²) in [6.45, 7) is 0. The Labute approximate surface area is 54.1 Å². The first-order valence-electron chi connectivity index (χ1n) is 3.38. The normalized spacial score (nSPS) is 46.6. The molecule has 0 heterocycles. The van der Waals surface area contributed by atoms with Crippen molar-refractivity contribution >= 4 is 0 Å². The van der Waals surface area contributed by atoms with Crippen LogP contribution in [-0.4, -0.2) is 10.9 Å². The van der Waals surface area contributed by atoms with Gasteiger partial charge in [-0.3, -0.25) is 5.26 Å². The molecule has 2 aliphatic carbocycles. The van der Waals surface area contributed by atoms with Crippen molar-refractivity contribution in [2.45, 2.75) is 24.9 Å². The molecule has 9 heavy (non-hydrogen) atoms. The molecule has 2 aliphatic rings. The van der Waals surface area contributed by atoms with Crippen molar-refractivity contribution in [3.8, 4) is 0 Å². The summed E-state index contributed by atoms with van der Waals surface area (Å²) in [4.78, 5) is 4.41. The number of rotatable bonds is 1. The molecule has 2 heteroatoms. The van der Waals surface area contributed by atoms with Gasteiger partial charge in [0, 0.05) is 0 Å². The van der Waals surface area contributed by atoms with Crippen molar-refractivity contribution in [3.05, 3.63) is 12.2 Å². The van der Waals surface area contributed by atoms with E-state index in [1.165, 1.54) is 6.42 Å². The minimum Gasteiger partial charge on any atom is -0.251 e. The van der Waals surface area contributed by atoms with Crippen molar-refractivity contribution in [2.24, 2.45) is 5.92 Å². The number of allylic oxidation sites excluding steroid dienone is 1. The first kappa shape index (κ1) is 5.45. The topological polar surface area (TPSA) is 29.5 Å². The highest BCUT2D eigenvalue weighted by atomic mass is 17.1. The van der Waals surface area contributed by atoms with Gasteiger partial charge in [0.25, 0.3) is 0 Å². The number of fused-ring (bicyclic) bond motifs is 1. The minimum absolute atomic E-state index is 0.250. The highest BCUT2D eigenvalue weighted by Gasteiger charge is 2.48. The number of hydrogen-bond acceptors (Lipinski definition) is 2. The molecule has 0 spiro atoms. The van der Waals surface area contributed by atoms with E-state index in [1.54, 1.807) is 0 Å². The summed E-state index contributed by atoms with van der Waals surface area (Å²) in [6, 6.07) is 0. The quantitative estimate of drug-likeness (QED) is 0.328. The fourth-order valence-electron chi connectivity index (χ4n) is 1.75. The van der Waals surface area contributed by atoms with Gasteiger partial charge in [0.1, 0.15) is 5.60 Å². The van der Waals surface area contributed by atoms with E-state index in [4.69, 9.17) is 5.26 Å². The smallest absolute Gasteiger partial charge is 0.124 e. The Bertz CT molecular complexity index is 149. The molecule has 1 saturated carbocycles. The highest BCUT2D eigenvalue weighted by Crippen LogP contribution is 2.48. The van der Waals surface area contributed by atoms with Crippen LogP contribution in [-0.2, 0) is 4.89 Å². The monoisotopic (exact) mass is 126 g/mol. The van der Waals surface area contributed by atoms with Crippen LogP contribution >= 0.6 is 0 Å².